The molecule has 1 aliphatic rings. The number of morpholine rings is 1. The highest BCUT2D eigenvalue weighted by Crippen LogP contribution is 2.35. The molecule has 3 aromatic rings. The van der Waals surface area contributed by atoms with Crippen LogP contribution in [-0.2, 0) is 4.74 Å². The van der Waals surface area contributed by atoms with Gasteiger partial charge in [-0.1, -0.05) is 18.9 Å². The predicted molar refractivity (Wildman–Crippen MR) is 135 cm³/mol. The number of rotatable bonds is 9. The maximum atomic E-state index is 6.18. The lowest BCUT2D eigenvalue weighted by Gasteiger charge is -2.40. The topological polar surface area (TPSA) is 68.7 Å². The molecule has 2 aromatic carbocycles. The lowest BCUT2D eigenvalue weighted by Crippen LogP contribution is -2.51. The zero-order valence-electron chi connectivity index (χ0n) is 20.1. The van der Waals surface area contributed by atoms with Gasteiger partial charge < -0.3 is 19.5 Å². The molecule has 0 amide bonds. The molecule has 7 nitrogen and oxygen atoms in total. The molecule has 0 saturated carbocycles. The van der Waals surface area contributed by atoms with E-state index >= 15 is 0 Å². The number of methoxy groups -OCH3 is 1. The molecule has 0 radical (unpaired) electrons. The first-order valence-corrected chi connectivity index (χ1v) is 11.8. The summed E-state index contributed by atoms with van der Waals surface area (Å²) in [6, 6.07) is 12.4. The molecule has 2 unspecified atom stereocenters. The second-order valence-corrected chi connectivity index (χ2v) is 8.48. The van der Waals surface area contributed by atoms with Gasteiger partial charge in [0.1, 0.15) is 12.1 Å². The Morgan fingerprint density at radius 1 is 1.21 bits per heavy atom. The van der Waals surface area contributed by atoms with Crippen LogP contribution in [0.15, 0.2) is 42.7 Å². The Labute approximate surface area is 201 Å². The van der Waals surface area contributed by atoms with Crippen molar-refractivity contribution < 1.29 is 14.2 Å². The van der Waals surface area contributed by atoms with Gasteiger partial charge in [-0.2, -0.15) is 0 Å². The van der Waals surface area contributed by atoms with Crippen LogP contribution in [0.5, 0.6) is 11.5 Å². The first kappa shape index (κ1) is 23.8. The van der Waals surface area contributed by atoms with Crippen molar-refractivity contribution in [1.82, 2.24) is 14.9 Å². The Kier molecular flexibility index (Phi) is 7.84. The second-order valence-electron chi connectivity index (χ2n) is 8.48. The Morgan fingerprint density at radius 2 is 2.09 bits per heavy atom. The average molecular weight is 461 g/mol. The first-order valence-electron chi connectivity index (χ1n) is 11.8. The third-order valence-corrected chi connectivity index (χ3v) is 6.21. The smallest absolute Gasteiger partial charge is 0.162 e. The van der Waals surface area contributed by atoms with Crippen molar-refractivity contribution in [2.75, 3.05) is 38.8 Å². The molecule has 178 valence electrons. The maximum Gasteiger partial charge on any atom is 0.162 e. The number of hydrogen-bond donors (Lipinski definition) is 1. The van der Waals surface area contributed by atoms with Crippen LogP contribution in [0.1, 0.15) is 32.3 Å². The molecule has 0 spiro atoms. The molecule has 1 saturated heterocycles. The summed E-state index contributed by atoms with van der Waals surface area (Å²) in [4.78, 5) is 11.4. The van der Waals surface area contributed by atoms with Crippen molar-refractivity contribution in [3.05, 3.63) is 48.3 Å². The van der Waals surface area contributed by atoms with Crippen LogP contribution in [0.25, 0.3) is 10.9 Å². The molecule has 34 heavy (non-hydrogen) atoms. The van der Waals surface area contributed by atoms with E-state index in [9.17, 15) is 0 Å². The lowest BCUT2D eigenvalue weighted by atomic mass is 10.1. The van der Waals surface area contributed by atoms with E-state index in [-0.39, 0.29) is 0 Å². The number of terminal acetylenes is 1. The molecule has 2 atom stereocenters. The number of ether oxygens (including phenoxy) is 3. The maximum absolute atomic E-state index is 6.18. The highest BCUT2D eigenvalue weighted by Gasteiger charge is 2.26. The van der Waals surface area contributed by atoms with Crippen molar-refractivity contribution in [3.8, 4) is 23.8 Å². The van der Waals surface area contributed by atoms with E-state index in [1.165, 1.54) is 6.33 Å². The van der Waals surface area contributed by atoms with Crippen LogP contribution >= 0.6 is 0 Å². The minimum Gasteiger partial charge on any atom is -0.493 e. The van der Waals surface area contributed by atoms with E-state index in [2.05, 4.69) is 40.0 Å². The number of hydrogen-bond acceptors (Lipinski definition) is 7. The zero-order chi connectivity index (χ0) is 23.9. The molecule has 2 heterocycles. The van der Waals surface area contributed by atoms with Gasteiger partial charge in [-0.3, -0.25) is 4.90 Å². The highest BCUT2D eigenvalue weighted by molar-refractivity contribution is 5.93. The van der Waals surface area contributed by atoms with Gasteiger partial charge in [-0.15, -0.1) is 6.42 Å². The fourth-order valence-electron chi connectivity index (χ4n) is 4.37. The Bertz CT molecular complexity index is 1160. The van der Waals surface area contributed by atoms with E-state index in [0.717, 1.165) is 54.8 Å². The minimum atomic E-state index is 0.424. The molecule has 1 fully saturated rings. The summed E-state index contributed by atoms with van der Waals surface area (Å²) < 4.78 is 17.5. The van der Waals surface area contributed by atoms with Crippen LogP contribution in [0.2, 0.25) is 0 Å². The molecular weight excluding hydrogens is 428 g/mol. The summed E-state index contributed by atoms with van der Waals surface area (Å²) in [5.74, 6) is 4.66. The summed E-state index contributed by atoms with van der Waals surface area (Å²) >= 11 is 0. The van der Waals surface area contributed by atoms with Crippen LogP contribution in [0, 0.1) is 12.3 Å². The van der Waals surface area contributed by atoms with Crippen LogP contribution in [-0.4, -0.2) is 60.4 Å². The molecular formula is C27H32N4O3. The number of aromatic nitrogens is 2. The normalized spacial score (nSPS) is 18.4. The number of nitrogens with one attached hydrogen (secondary N) is 1. The monoisotopic (exact) mass is 460 g/mol. The molecule has 0 bridgehead atoms. The Morgan fingerprint density at radius 3 is 2.88 bits per heavy atom. The number of fused-ring (bicyclic) bond motifs is 1. The number of nitrogens with zero attached hydrogens (tertiary/aromatic N) is 3. The standard InChI is InChI=1S/C27H32N4O3/c1-5-20-9-7-10-21(13-20)30-27-23-14-26(25(32-4)15-24(23)28-18-29-27)34-12-8-11-31-19(3)16-33-17-22(31)6-2/h1,7,9-10,13-15,18-19,22H,6,8,11-12,16-17H2,2-4H3,(H,28,29,30). The van der Waals surface area contributed by atoms with Crippen molar-refractivity contribution in [2.45, 2.75) is 38.8 Å². The van der Waals surface area contributed by atoms with Crippen molar-refractivity contribution in [3.63, 3.8) is 0 Å². The van der Waals surface area contributed by atoms with Crippen LogP contribution < -0.4 is 14.8 Å². The quantitative estimate of drug-likeness (QED) is 0.369. The SMILES string of the molecule is C#Cc1cccc(Nc2ncnc3cc(OC)c(OCCCN4C(C)COCC4CC)cc23)c1. The molecule has 1 N–H and O–H groups in total. The third-order valence-electron chi connectivity index (χ3n) is 6.21. The lowest BCUT2D eigenvalue weighted by molar-refractivity contribution is -0.0454. The van der Waals surface area contributed by atoms with Crippen LogP contribution in [0.3, 0.4) is 0 Å². The predicted octanol–water partition coefficient (Wildman–Crippen LogP) is 4.63. The van der Waals surface area contributed by atoms with Crippen molar-refractivity contribution >= 4 is 22.4 Å². The van der Waals surface area contributed by atoms with Crippen molar-refractivity contribution in [2.24, 2.45) is 0 Å². The minimum absolute atomic E-state index is 0.424. The number of benzene rings is 2. The van der Waals surface area contributed by atoms with Crippen LogP contribution in [0.4, 0.5) is 11.5 Å². The Hall–Kier alpha value is -3.34. The van der Waals surface area contributed by atoms with Gasteiger partial charge in [-0.05, 0) is 44.0 Å². The number of anilines is 2. The van der Waals surface area contributed by atoms with Gasteiger partial charge in [0.05, 0.1) is 32.4 Å². The molecule has 1 aliphatic heterocycles. The zero-order valence-corrected chi connectivity index (χ0v) is 20.1. The van der Waals surface area contributed by atoms with E-state index in [1.54, 1.807) is 7.11 Å². The molecule has 7 heteroatoms. The molecule has 0 aliphatic carbocycles. The molecule has 4 rings (SSSR count). The summed E-state index contributed by atoms with van der Waals surface area (Å²) in [5, 5.41) is 4.20. The van der Waals surface area contributed by atoms with Gasteiger partial charge in [0.25, 0.3) is 0 Å². The second kappa shape index (κ2) is 11.2. The van der Waals surface area contributed by atoms with Gasteiger partial charge in [-0.25, -0.2) is 9.97 Å². The van der Waals surface area contributed by atoms with Gasteiger partial charge in [0.15, 0.2) is 11.5 Å². The van der Waals surface area contributed by atoms with Gasteiger partial charge in [0.2, 0.25) is 0 Å². The fourth-order valence-corrected chi connectivity index (χ4v) is 4.37. The summed E-state index contributed by atoms with van der Waals surface area (Å²) in [7, 11) is 1.64. The van der Waals surface area contributed by atoms with E-state index in [0.29, 0.717) is 36.0 Å². The summed E-state index contributed by atoms with van der Waals surface area (Å²) in [6.45, 7) is 7.59. The van der Waals surface area contributed by atoms with E-state index in [4.69, 9.17) is 20.6 Å². The van der Waals surface area contributed by atoms with E-state index < -0.39 is 0 Å². The van der Waals surface area contributed by atoms with Crippen molar-refractivity contribution in [1.29, 1.82) is 0 Å². The fraction of sp³-hybridized carbons (Fsp3) is 0.407. The van der Waals surface area contributed by atoms with E-state index in [1.807, 2.05) is 36.4 Å². The Balaban J connectivity index is 1.49. The van der Waals surface area contributed by atoms with Gasteiger partial charge in [0, 0.05) is 41.3 Å². The third kappa shape index (κ3) is 5.41. The summed E-state index contributed by atoms with van der Waals surface area (Å²) in [5.41, 5.74) is 2.43. The summed E-state index contributed by atoms with van der Waals surface area (Å²) in [6.07, 6.45) is 9.07. The highest BCUT2D eigenvalue weighted by atomic mass is 16.5. The first-order chi connectivity index (χ1) is 16.6. The molecule has 1 aromatic heterocycles. The van der Waals surface area contributed by atoms with Gasteiger partial charge >= 0.3 is 0 Å². The largest absolute Gasteiger partial charge is 0.493 e. The average Bonchev–Trinajstić information content (AvgIpc) is 2.87.